The number of benzene rings is 4. The van der Waals surface area contributed by atoms with Gasteiger partial charge in [-0.1, -0.05) is 54.6 Å². The van der Waals surface area contributed by atoms with Crippen molar-refractivity contribution < 1.29 is 24.2 Å². The van der Waals surface area contributed by atoms with Gasteiger partial charge in [0.15, 0.2) is 0 Å². The van der Waals surface area contributed by atoms with Crippen LogP contribution in [0.2, 0.25) is 0 Å². The molecule has 0 saturated carbocycles. The lowest BCUT2D eigenvalue weighted by Gasteiger charge is -2.15. The Morgan fingerprint density at radius 2 is 1.56 bits per heavy atom. The number of carbonyl (C=O) groups is 2. The highest BCUT2D eigenvalue weighted by Gasteiger charge is 2.21. The fourth-order valence-corrected chi connectivity index (χ4v) is 3.68. The van der Waals surface area contributed by atoms with Crippen molar-refractivity contribution in [3.63, 3.8) is 0 Å². The first-order chi connectivity index (χ1) is 16.5. The van der Waals surface area contributed by atoms with Gasteiger partial charge in [-0.05, 0) is 58.3 Å². The molecule has 172 valence electrons. The zero-order chi connectivity index (χ0) is 23.9. The van der Waals surface area contributed by atoms with Crippen molar-refractivity contribution in [2.75, 3.05) is 7.11 Å². The summed E-state index contributed by atoms with van der Waals surface area (Å²) in [6.45, 7) is 0.404. The molecule has 4 rings (SSSR count). The van der Waals surface area contributed by atoms with Gasteiger partial charge in [0.1, 0.15) is 24.1 Å². The highest BCUT2D eigenvalue weighted by molar-refractivity contribution is 6.00. The summed E-state index contributed by atoms with van der Waals surface area (Å²) >= 11 is 0. The molecular formula is C28H25NO5. The van der Waals surface area contributed by atoms with E-state index in [1.807, 2.05) is 78.9 Å². The largest absolute Gasteiger partial charge is 0.497 e. The van der Waals surface area contributed by atoms with Crippen LogP contribution >= 0.6 is 0 Å². The molecule has 4 aromatic rings. The lowest BCUT2D eigenvalue weighted by atomic mass is 10.0. The molecule has 1 atom stereocenters. The summed E-state index contributed by atoms with van der Waals surface area (Å²) in [5.41, 5.74) is 2.24. The molecule has 0 bridgehead atoms. The SMILES string of the molecule is COc1cccc(COc2ccc3cc(C(=O)NC(Cc4ccccc4)C(=O)O)ccc3c2)c1. The van der Waals surface area contributed by atoms with Crippen molar-refractivity contribution in [1.82, 2.24) is 5.32 Å². The molecule has 2 N–H and O–H groups in total. The first kappa shape index (κ1) is 22.9. The van der Waals surface area contributed by atoms with E-state index >= 15 is 0 Å². The predicted molar refractivity (Wildman–Crippen MR) is 130 cm³/mol. The van der Waals surface area contributed by atoms with Gasteiger partial charge in [0.05, 0.1) is 7.11 Å². The molecule has 0 radical (unpaired) electrons. The van der Waals surface area contributed by atoms with Crippen molar-refractivity contribution in [2.45, 2.75) is 19.1 Å². The van der Waals surface area contributed by atoms with Crippen molar-refractivity contribution in [3.05, 3.63) is 108 Å². The molecule has 0 aliphatic heterocycles. The number of carbonyl (C=O) groups excluding carboxylic acids is 1. The van der Waals surface area contributed by atoms with E-state index in [0.717, 1.165) is 27.6 Å². The van der Waals surface area contributed by atoms with Crippen LogP contribution in [-0.4, -0.2) is 30.1 Å². The molecule has 0 fully saturated rings. The predicted octanol–water partition coefficient (Wildman–Crippen LogP) is 4.85. The first-order valence-electron chi connectivity index (χ1n) is 10.9. The highest BCUT2D eigenvalue weighted by atomic mass is 16.5. The summed E-state index contributed by atoms with van der Waals surface area (Å²) < 4.78 is 11.2. The highest BCUT2D eigenvalue weighted by Crippen LogP contribution is 2.23. The Kier molecular flexibility index (Phi) is 7.08. The number of hydrogen-bond acceptors (Lipinski definition) is 4. The van der Waals surface area contributed by atoms with Gasteiger partial charge in [0, 0.05) is 12.0 Å². The van der Waals surface area contributed by atoms with Gasteiger partial charge in [-0.3, -0.25) is 4.79 Å². The average Bonchev–Trinajstić information content (AvgIpc) is 2.87. The lowest BCUT2D eigenvalue weighted by Crippen LogP contribution is -2.42. The van der Waals surface area contributed by atoms with E-state index in [4.69, 9.17) is 9.47 Å². The summed E-state index contributed by atoms with van der Waals surface area (Å²) in [5.74, 6) is -0.0138. The Labute approximate surface area is 197 Å². The monoisotopic (exact) mass is 455 g/mol. The van der Waals surface area contributed by atoms with Gasteiger partial charge < -0.3 is 19.9 Å². The second-order valence-electron chi connectivity index (χ2n) is 7.92. The Balaban J connectivity index is 1.44. The van der Waals surface area contributed by atoms with Crippen molar-refractivity contribution in [3.8, 4) is 11.5 Å². The molecule has 1 amide bonds. The number of methoxy groups -OCH3 is 1. The number of nitrogens with one attached hydrogen (secondary N) is 1. The van der Waals surface area contributed by atoms with Gasteiger partial charge in [-0.2, -0.15) is 0 Å². The van der Waals surface area contributed by atoms with Crippen LogP contribution < -0.4 is 14.8 Å². The van der Waals surface area contributed by atoms with Crippen LogP contribution in [0.4, 0.5) is 0 Å². The summed E-state index contributed by atoms with van der Waals surface area (Å²) in [7, 11) is 1.63. The number of hydrogen-bond donors (Lipinski definition) is 2. The van der Waals surface area contributed by atoms with E-state index in [-0.39, 0.29) is 6.42 Å². The minimum Gasteiger partial charge on any atom is -0.497 e. The first-order valence-corrected chi connectivity index (χ1v) is 10.9. The van der Waals surface area contributed by atoms with E-state index in [0.29, 0.717) is 17.9 Å². The quantitative estimate of drug-likeness (QED) is 0.377. The Morgan fingerprint density at radius 3 is 2.32 bits per heavy atom. The zero-order valence-corrected chi connectivity index (χ0v) is 18.7. The number of amides is 1. The van der Waals surface area contributed by atoms with Crippen LogP contribution in [0.1, 0.15) is 21.5 Å². The number of carboxylic acid groups (broad SMARTS) is 1. The van der Waals surface area contributed by atoms with Gasteiger partial charge in [-0.25, -0.2) is 4.79 Å². The third-order valence-electron chi connectivity index (χ3n) is 5.50. The molecule has 34 heavy (non-hydrogen) atoms. The summed E-state index contributed by atoms with van der Waals surface area (Å²) in [6, 6.07) is 26.8. The lowest BCUT2D eigenvalue weighted by molar-refractivity contribution is -0.139. The van der Waals surface area contributed by atoms with Crippen LogP contribution in [0, 0.1) is 0 Å². The topological polar surface area (TPSA) is 84.9 Å². The molecule has 4 aromatic carbocycles. The van der Waals surface area contributed by atoms with Gasteiger partial charge in [0.2, 0.25) is 0 Å². The smallest absolute Gasteiger partial charge is 0.326 e. The molecule has 0 heterocycles. The summed E-state index contributed by atoms with van der Waals surface area (Å²) in [4.78, 5) is 24.4. The minimum absolute atomic E-state index is 0.212. The van der Waals surface area contributed by atoms with Crippen LogP contribution in [0.3, 0.4) is 0 Å². The van der Waals surface area contributed by atoms with Crippen LogP contribution in [0.15, 0.2) is 91.0 Å². The maximum atomic E-state index is 12.8. The fourth-order valence-electron chi connectivity index (χ4n) is 3.68. The van der Waals surface area contributed by atoms with Gasteiger partial charge in [0.25, 0.3) is 5.91 Å². The van der Waals surface area contributed by atoms with Gasteiger partial charge >= 0.3 is 5.97 Å². The van der Waals surface area contributed by atoms with E-state index in [1.165, 1.54) is 0 Å². The van der Waals surface area contributed by atoms with E-state index in [2.05, 4.69) is 5.32 Å². The minimum atomic E-state index is -1.07. The van der Waals surface area contributed by atoms with E-state index in [9.17, 15) is 14.7 Å². The van der Waals surface area contributed by atoms with Crippen LogP contribution in [-0.2, 0) is 17.8 Å². The molecule has 0 aliphatic rings. The zero-order valence-electron chi connectivity index (χ0n) is 18.7. The molecular weight excluding hydrogens is 430 g/mol. The molecule has 0 aliphatic carbocycles. The van der Waals surface area contributed by atoms with E-state index in [1.54, 1.807) is 19.2 Å². The van der Waals surface area contributed by atoms with Crippen molar-refractivity contribution in [2.24, 2.45) is 0 Å². The molecule has 1 unspecified atom stereocenters. The summed E-state index contributed by atoms with van der Waals surface area (Å²) in [6.07, 6.45) is 0.212. The average molecular weight is 456 g/mol. The number of ether oxygens (including phenoxy) is 2. The number of aliphatic carboxylic acids is 1. The number of rotatable bonds is 9. The Bertz CT molecular complexity index is 1300. The normalized spacial score (nSPS) is 11.6. The molecule has 6 heteroatoms. The maximum absolute atomic E-state index is 12.8. The van der Waals surface area contributed by atoms with Gasteiger partial charge in [-0.15, -0.1) is 0 Å². The third kappa shape index (κ3) is 5.72. The maximum Gasteiger partial charge on any atom is 0.326 e. The van der Waals surface area contributed by atoms with Crippen LogP contribution in [0.25, 0.3) is 10.8 Å². The molecule has 0 saturated heterocycles. The standard InChI is InChI=1S/C28H25NO5/c1-33-24-9-5-8-20(14-24)18-34-25-13-12-21-16-23(11-10-22(21)17-25)27(30)29-26(28(31)32)15-19-6-3-2-4-7-19/h2-14,16-17,26H,15,18H2,1H3,(H,29,30)(H,31,32). The molecule has 0 spiro atoms. The molecule has 0 aromatic heterocycles. The third-order valence-corrected chi connectivity index (χ3v) is 5.50. The second kappa shape index (κ2) is 10.5. The number of carboxylic acids is 1. The van der Waals surface area contributed by atoms with E-state index < -0.39 is 17.9 Å². The number of fused-ring (bicyclic) bond motifs is 1. The van der Waals surface area contributed by atoms with Crippen molar-refractivity contribution >= 4 is 22.6 Å². The molecule has 6 nitrogen and oxygen atoms in total. The Morgan fingerprint density at radius 1 is 0.824 bits per heavy atom. The second-order valence-corrected chi connectivity index (χ2v) is 7.92. The van der Waals surface area contributed by atoms with Crippen LogP contribution in [0.5, 0.6) is 11.5 Å². The fraction of sp³-hybridized carbons (Fsp3) is 0.143. The summed E-state index contributed by atoms with van der Waals surface area (Å²) in [5, 5.41) is 14.0. The van der Waals surface area contributed by atoms with Crippen molar-refractivity contribution in [1.29, 1.82) is 0 Å². The Hall–Kier alpha value is -4.32.